The van der Waals surface area contributed by atoms with Gasteiger partial charge in [-0.05, 0) is 42.5 Å². The fraction of sp³-hybridized carbons (Fsp3) is 0.273. The summed E-state index contributed by atoms with van der Waals surface area (Å²) in [5, 5.41) is 0. The number of ether oxygens (including phenoxy) is 2. The Morgan fingerprint density at radius 3 is 2.64 bits per heavy atom. The number of hydrogen-bond acceptors (Lipinski definition) is 6. The van der Waals surface area contributed by atoms with E-state index in [1.807, 2.05) is 48.7 Å². The van der Waals surface area contributed by atoms with E-state index in [1.54, 1.807) is 14.2 Å². The van der Waals surface area contributed by atoms with Crippen LogP contribution >= 0.6 is 0 Å². The fourth-order valence-electron chi connectivity index (χ4n) is 3.53. The first-order valence-electron chi connectivity index (χ1n) is 9.30. The Morgan fingerprint density at radius 1 is 1.07 bits per heavy atom. The summed E-state index contributed by atoms with van der Waals surface area (Å²) in [4.78, 5) is 11.7. The van der Waals surface area contributed by atoms with Gasteiger partial charge in [0.25, 0.3) is 0 Å². The summed E-state index contributed by atoms with van der Waals surface area (Å²) in [5.41, 5.74) is 10.9. The largest absolute Gasteiger partial charge is 0.497 e. The molecule has 0 aliphatic carbocycles. The van der Waals surface area contributed by atoms with Crippen molar-refractivity contribution < 1.29 is 9.47 Å². The van der Waals surface area contributed by atoms with Gasteiger partial charge in [0.1, 0.15) is 11.5 Å². The molecule has 2 aromatic carbocycles. The van der Waals surface area contributed by atoms with Gasteiger partial charge in [0.15, 0.2) is 5.82 Å². The zero-order valence-electron chi connectivity index (χ0n) is 16.2. The second-order valence-electron chi connectivity index (χ2n) is 6.93. The van der Waals surface area contributed by atoms with E-state index in [2.05, 4.69) is 9.88 Å². The molecule has 0 saturated carbocycles. The lowest BCUT2D eigenvalue weighted by atomic mass is 10.1. The summed E-state index contributed by atoms with van der Waals surface area (Å²) in [6, 6.07) is 13.6. The number of fused-ring (bicyclic) bond motifs is 1. The van der Waals surface area contributed by atoms with Gasteiger partial charge in [-0.3, -0.25) is 4.90 Å². The van der Waals surface area contributed by atoms with Gasteiger partial charge in [0.2, 0.25) is 0 Å². The Morgan fingerprint density at radius 2 is 1.89 bits per heavy atom. The monoisotopic (exact) mass is 376 g/mol. The third kappa shape index (κ3) is 3.77. The fourth-order valence-corrected chi connectivity index (χ4v) is 3.53. The van der Waals surface area contributed by atoms with Crippen LogP contribution in [0.5, 0.6) is 11.5 Å². The number of benzene rings is 2. The summed E-state index contributed by atoms with van der Waals surface area (Å²) in [6.07, 6.45) is 2.84. The van der Waals surface area contributed by atoms with E-state index in [1.165, 1.54) is 5.56 Å². The van der Waals surface area contributed by atoms with Crippen molar-refractivity contribution >= 4 is 5.69 Å². The van der Waals surface area contributed by atoms with Crippen molar-refractivity contribution in [3.8, 4) is 22.9 Å². The molecule has 0 saturated heterocycles. The van der Waals surface area contributed by atoms with E-state index >= 15 is 0 Å². The van der Waals surface area contributed by atoms with E-state index in [9.17, 15) is 0 Å². The molecule has 1 aromatic heterocycles. The van der Waals surface area contributed by atoms with Crippen LogP contribution in [-0.4, -0.2) is 35.6 Å². The molecule has 0 fully saturated rings. The van der Waals surface area contributed by atoms with Crippen molar-refractivity contribution in [3.05, 3.63) is 65.5 Å². The summed E-state index contributed by atoms with van der Waals surface area (Å²) in [6.45, 7) is 2.54. The van der Waals surface area contributed by atoms with Crippen molar-refractivity contribution in [2.75, 3.05) is 26.5 Å². The van der Waals surface area contributed by atoms with E-state index in [0.29, 0.717) is 0 Å². The highest BCUT2D eigenvalue weighted by Crippen LogP contribution is 2.28. The maximum absolute atomic E-state index is 5.77. The molecule has 0 bridgehead atoms. The first-order chi connectivity index (χ1) is 13.7. The van der Waals surface area contributed by atoms with Gasteiger partial charge < -0.3 is 15.2 Å². The van der Waals surface area contributed by atoms with Gasteiger partial charge in [-0.1, -0.05) is 0 Å². The molecule has 0 atom stereocenters. The Labute approximate surface area is 164 Å². The maximum atomic E-state index is 5.77. The smallest absolute Gasteiger partial charge is 0.159 e. The van der Waals surface area contributed by atoms with Crippen molar-refractivity contribution in [2.24, 2.45) is 0 Å². The summed E-state index contributed by atoms with van der Waals surface area (Å²) >= 11 is 0. The van der Waals surface area contributed by atoms with Crippen molar-refractivity contribution in [1.29, 1.82) is 0 Å². The molecule has 1 aliphatic heterocycles. The number of nitrogens with zero attached hydrogens (tertiary/aromatic N) is 3. The second-order valence-corrected chi connectivity index (χ2v) is 6.93. The Balaban J connectivity index is 1.52. The number of methoxy groups -OCH3 is 2. The third-order valence-electron chi connectivity index (χ3n) is 5.06. The summed E-state index contributed by atoms with van der Waals surface area (Å²) < 4.78 is 10.9. The number of anilines is 1. The molecule has 2 heterocycles. The molecule has 28 heavy (non-hydrogen) atoms. The lowest BCUT2D eigenvalue weighted by molar-refractivity contribution is 0.239. The summed E-state index contributed by atoms with van der Waals surface area (Å²) in [5.74, 6) is 2.47. The van der Waals surface area contributed by atoms with Crippen LogP contribution in [0, 0.1) is 0 Å². The van der Waals surface area contributed by atoms with Crippen molar-refractivity contribution in [2.45, 2.75) is 19.5 Å². The highest BCUT2D eigenvalue weighted by molar-refractivity contribution is 5.58. The topological polar surface area (TPSA) is 73.5 Å². The van der Waals surface area contributed by atoms with E-state index < -0.39 is 0 Å². The number of aromatic nitrogens is 2. The molecule has 6 nitrogen and oxygen atoms in total. The van der Waals surface area contributed by atoms with Gasteiger partial charge in [-0.15, -0.1) is 0 Å². The standard InChI is InChI=1S/C22H24N4O2/c1-27-19-7-8-21(28-2)16(11-19)13-26-10-9-20-17(14-26)12-24-22(25-20)15-3-5-18(23)6-4-15/h3-8,11-12H,9-10,13-14,23H2,1-2H3. The zero-order chi connectivity index (χ0) is 19.5. The molecule has 2 N–H and O–H groups in total. The first-order valence-corrected chi connectivity index (χ1v) is 9.30. The Hall–Kier alpha value is -3.12. The molecule has 0 radical (unpaired) electrons. The predicted octanol–water partition coefficient (Wildman–Crippen LogP) is 3.30. The third-order valence-corrected chi connectivity index (χ3v) is 5.06. The lowest BCUT2D eigenvalue weighted by Gasteiger charge is -2.28. The molecule has 0 unspecified atom stereocenters. The number of rotatable bonds is 5. The molecule has 6 heteroatoms. The second kappa shape index (κ2) is 7.86. The van der Waals surface area contributed by atoms with Crippen LogP contribution in [0.25, 0.3) is 11.4 Å². The average molecular weight is 376 g/mol. The number of hydrogen-bond donors (Lipinski definition) is 1. The predicted molar refractivity (Wildman–Crippen MR) is 109 cm³/mol. The van der Waals surface area contributed by atoms with Gasteiger partial charge in [-0.25, -0.2) is 9.97 Å². The molecule has 0 amide bonds. The van der Waals surface area contributed by atoms with E-state index in [-0.39, 0.29) is 0 Å². The highest BCUT2D eigenvalue weighted by atomic mass is 16.5. The number of nitrogens with two attached hydrogens (primary N) is 1. The normalized spacial score (nSPS) is 13.8. The van der Waals surface area contributed by atoms with Crippen LogP contribution in [0.2, 0.25) is 0 Å². The molecule has 4 rings (SSSR count). The van der Waals surface area contributed by atoms with Crippen LogP contribution in [-0.2, 0) is 19.5 Å². The Bertz CT molecular complexity index is 973. The van der Waals surface area contributed by atoms with Crippen LogP contribution in [0.15, 0.2) is 48.7 Å². The highest BCUT2D eigenvalue weighted by Gasteiger charge is 2.20. The molecule has 1 aliphatic rings. The minimum Gasteiger partial charge on any atom is -0.497 e. The van der Waals surface area contributed by atoms with Gasteiger partial charge in [-0.2, -0.15) is 0 Å². The number of nitrogen functional groups attached to an aromatic ring is 1. The molecular weight excluding hydrogens is 352 g/mol. The quantitative estimate of drug-likeness (QED) is 0.689. The van der Waals surface area contributed by atoms with Crippen LogP contribution in [0.3, 0.4) is 0 Å². The van der Waals surface area contributed by atoms with Gasteiger partial charge in [0, 0.05) is 54.6 Å². The van der Waals surface area contributed by atoms with Crippen molar-refractivity contribution in [1.82, 2.24) is 14.9 Å². The van der Waals surface area contributed by atoms with Crippen LogP contribution in [0.4, 0.5) is 5.69 Å². The van der Waals surface area contributed by atoms with Gasteiger partial charge in [0.05, 0.1) is 19.9 Å². The zero-order valence-corrected chi connectivity index (χ0v) is 16.2. The molecule has 144 valence electrons. The summed E-state index contributed by atoms with van der Waals surface area (Å²) in [7, 11) is 3.38. The van der Waals surface area contributed by atoms with E-state index in [0.717, 1.165) is 65.9 Å². The molecule has 0 spiro atoms. The lowest BCUT2D eigenvalue weighted by Crippen LogP contribution is -2.31. The van der Waals surface area contributed by atoms with Crippen LogP contribution < -0.4 is 15.2 Å². The van der Waals surface area contributed by atoms with Gasteiger partial charge >= 0.3 is 0 Å². The SMILES string of the molecule is COc1ccc(OC)c(CN2CCc3nc(-c4ccc(N)cc4)ncc3C2)c1. The Kier molecular flexibility index (Phi) is 5.12. The minimum absolute atomic E-state index is 0.741. The molecular formula is C22H24N4O2. The average Bonchev–Trinajstić information content (AvgIpc) is 2.74. The minimum atomic E-state index is 0.741. The van der Waals surface area contributed by atoms with Crippen molar-refractivity contribution in [3.63, 3.8) is 0 Å². The molecule has 3 aromatic rings. The van der Waals surface area contributed by atoms with Crippen LogP contribution in [0.1, 0.15) is 16.8 Å². The first kappa shape index (κ1) is 18.3. The maximum Gasteiger partial charge on any atom is 0.159 e. The van der Waals surface area contributed by atoms with E-state index in [4.69, 9.17) is 20.2 Å².